The maximum atomic E-state index is 12.3. The standard InChI is InChI=1S/C17H26N2O3S/c1-3-11-23(21,22)19-16-6-4-5-14(12-16)17(20)18-15-9-7-13(2)8-10-15/h4-6,12-13,15,19H,3,7-11H2,1-2H3,(H,18,20). The maximum absolute atomic E-state index is 12.3. The minimum absolute atomic E-state index is 0.0731. The van der Waals surface area contributed by atoms with Crippen molar-refractivity contribution in [3.63, 3.8) is 0 Å². The van der Waals surface area contributed by atoms with Gasteiger partial charge in [-0.25, -0.2) is 8.42 Å². The highest BCUT2D eigenvalue weighted by molar-refractivity contribution is 7.92. The molecule has 0 atom stereocenters. The van der Waals surface area contributed by atoms with E-state index in [-0.39, 0.29) is 17.7 Å². The Morgan fingerprint density at radius 2 is 1.91 bits per heavy atom. The lowest BCUT2D eigenvalue weighted by Gasteiger charge is -2.27. The van der Waals surface area contributed by atoms with Gasteiger partial charge in [0.2, 0.25) is 10.0 Å². The van der Waals surface area contributed by atoms with Crippen molar-refractivity contribution < 1.29 is 13.2 Å². The summed E-state index contributed by atoms with van der Waals surface area (Å²) in [5.41, 5.74) is 0.920. The Morgan fingerprint density at radius 3 is 2.57 bits per heavy atom. The first-order chi connectivity index (χ1) is 10.9. The van der Waals surface area contributed by atoms with Crippen molar-refractivity contribution in [3.05, 3.63) is 29.8 Å². The van der Waals surface area contributed by atoms with E-state index in [1.54, 1.807) is 24.3 Å². The monoisotopic (exact) mass is 338 g/mol. The number of nitrogens with one attached hydrogen (secondary N) is 2. The van der Waals surface area contributed by atoms with Gasteiger partial charge in [-0.15, -0.1) is 0 Å². The Kier molecular flexibility index (Phi) is 6.04. The Bertz CT molecular complexity index is 635. The van der Waals surface area contributed by atoms with E-state index in [1.807, 2.05) is 6.92 Å². The van der Waals surface area contributed by atoms with E-state index >= 15 is 0 Å². The quantitative estimate of drug-likeness (QED) is 0.836. The summed E-state index contributed by atoms with van der Waals surface area (Å²) in [6.07, 6.45) is 4.85. The molecule has 23 heavy (non-hydrogen) atoms. The average Bonchev–Trinajstić information content (AvgIpc) is 2.49. The molecule has 1 aromatic rings. The molecule has 128 valence electrons. The second-order valence-corrected chi connectivity index (χ2v) is 8.27. The molecule has 6 heteroatoms. The average molecular weight is 338 g/mol. The van der Waals surface area contributed by atoms with Crippen LogP contribution in [0.2, 0.25) is 0 Å². The highest BCUT2D eigenvalue weighted by Crippen LogP contribution is 2.23. The molecule has 0 heterocycles. The van der Waals surface area contributed by atoms with Crippen LogP contribution >= 0.6 is 0 Å². The van der Waals surface area contributed by atoms with E-state index in [4.69, 9.17) is 0 Å². The molecule has 0 bridgehead atoms. The lowest BCUT2D eigenvalue weighted by Crippen LogP contribution is -2.37. The Balaban J connectivity index is 2.00. The van der Waals surface area contributed by atoms with Crippen LogP contribution in [0.15, 0.2) is 24.3 Å². The number of hydrogen-bond donors (Lipinski definition) is 2. The van der Waals surface area contributed by atoms with Gasteiger partial charge in [0.25, 0.3) is 5.91 Å². The molecule has 0 aromatic heterocycles. The number of amides is 1. The van der Waals surface area contributed by atoms with Crippen LogP contribution in [0.25, 0.3) is 0 Å². The molecule has 5 nitrogen and oxygen atoms in total. The molecule has 1 fully saturated rings. The zero-order valence-electron chi connectivity index (χ0n) is 13.8. The first kappa shape index (κ1) is 17.8. The molecule has 1 amide bonds. The molecule has 1 aliphatic rings. The SMILES string of the molecule is CCCS(=O)(=O)Nc1cccc(C(=O)NC2CCC(C)CC2)c1. The van der Waals surface area contributed by atoms with E-state index in [2.05, 4.69) is 17.0 Å². The van der Waals surface area contributed by atoms with E-state index in [0.29, 0.717) is 17.7 Å². The van der Waals surface area contributed by atoms with Crippen molar-refractivity contribution in [2.45, 2.75) is 52.0 Å². The van der Waals surface area contributed by atoms with Crippen molar-refractivity contribution in [2.75, 3.05) is 10.5 Å². The van der Waals surface area contributed by atoms with Crippen LogP contribution in [0.1, 0.15) is 56.3 Å². The minimum Gasteiger partial charge on any atom is -0.349 e. The fourth-order valence-corrected chi connectivity index (χ4v) is 4.02. The van der Waals surface area contributed by atoms with Crippen LogP contribution in [-0.2, 0) is 10.0 Å². The largest absolute Gasteiger partial charge is 0.349 e. The molecule has 0 saturated heterocycles. The van der Waals surface area contributed by atoms with Crippen LogP contribution in [0.5, 0.6) is 0 Å². The van der Waals surface area contributed by atoms with Gasteiger partial charge in [-0.05, 0) is 56.2 Å². The Morgan fingerprint density at radius 1 is 1.22 bits per heavy atom. The molecule has 1 saturated carbocycles. The third-order valence-corrected chi connectivity index (χ3v) is 5.71. The number of hydrogen-bond acceptors (Lipinski definition) is 3. The smallest absolute Gasteiger partial charge is 0.251 e. The molecule has 1 aromatic carbocycles. The summed E-state index contributed by atoms with van der Waals surface area (Å²) >= 11 is 0. The van der Waals surface area contributed by atoms with Crippen LogP contribution in [-0.4, -0.2) is 26.1 Å². The number of carbonyl (C=O) groups is 1. The number of sulfonamides is 1. The highest BCUT2D eigenvalue weighted by atomic mass is 32.2. The zero-order valence-corrected chi connectivity index (χ0v) is 14.7. The topological polar surface area (TPSA) is 75.3 Å². The predicted octanol–water partition coefficient (Wildman–Crippen LogP) is 3.15. The van der Waals surface area contributed by atoms with Gasteiger partial charge in [0, 0.05) is 17.3 Å². The normalized spacial score (nSPS) is 21.7. The highest BCUT2D eigenvalue weighted by Gasteiger charge is 2.20. The molecule has 2 N–H and O–H groups in total. The number of carbonyl (C=O) groups excluding carboxylic acids is 1. The Hall–Kier alpha value is -1.56. The summed E-state index contributed by atoms with van der Waals surface area (Å²) in [5.74, 6) is 0.671. The van der Waals surface area contributed by atoms with Gasteiger partial charge < -0.3 is 5.32 Å². The third-order valence-electron chi connectivity index (χ3n) is 4.22. The first-order valence-electron chi connectivity index (χ1n) is 8.31. The van der Waals surface area contributed by atoms with Crippen LogP contribution in [0, 0.1) is 5.92 Å². The summed E-state index contributed by atoms with van der Waals surface area (Å²) in [6, 6.07) is 6.87. The van der Waals surface area contributed by atoms with Crippen molar-refractivity contribution in [1.29, 1.82) is 0 Å². The van der Waals surface area contributed by atoms with Gasteiger partial charge in [-0.3, -0.25) is 9.52 Å². The first-order valence-corrected chi connectivity index (χ1v) is 9.96. The van der Waals surface area contributed by atoms with E-state index in [0.717, 1.165) is 31.6 Å². The summed E-state index contributed by atoms with van der Waals surface area (Å²) in [6.45, 7) is 4.05. The van der Waals surface area contributed by atoms with E-state index in [1.165, 1.54) is 0 Å². The van der Waals surface area contributed by atoms with Crippen molar-refractivity contribution in [1.82, 2.24) is 5.32 Å². The molecule has 0 radical (unpaired) electrons. The molecule has 2 rings (SSSR count). The van der Waals surface area contributed by atoms with Gasteiger partial charge in [0.1, 0.15) is 0 Å². The molecular formula is C17H26N2O3S. The fraction of sp³-hybridized carbons (Fsp3) is 0.588. The predicted molar refractivity (Wildman–Crippen MR) is 93.0 cm³/mol. The van der Waals surface area contributed by atoms with Crippen molar-refractivity contribution in [2.24, 2.45) is 5.92 Å². The lowest BCUT2D eigenvalue weighted by atomic mass is 9.87. The summed E-state index contributed by atoms with van der Waals surface area (Å²) < 4.78 is 26.2. The zero-order chi connectivity index (χ0) is 16.9. The van der Waals surface area contributed by atoms with Gasteiger partial charge in [0.15, 0.2) is 0 Å². The van der Waals surface area contributed by atoms with Gasteiger partial charge in [-0.2, -0.15) is 0 Å². The van der Waals surface area contributed by atoms with Crippen molar-refractivity contribution >= 4 is 21.6 Å². The summed E-state index contributed by atoms with van der Waals surface area (Å²) in [4.78, 5) is 12.3. The molecular weight excluding hydrogens is 312 g/mol. The maximum Gasteiger partial charge on any atom is 0.251 e. The molecule has 0 spiro atoms. The lowest BCUT2D eigenvalue weighted by molar-refractivity contribution is 0.0923. The van der Waals surface area contributed by atoms with E-state index < -0.39 is 10.0 Å². The summed E-state index contributed by atoms with van der Waals surface area (Å²) in [5, 5.41) is 3.05. The second-order valence-electron chi connectivity index (χ2n) is 6.43. The summed E-state index contributed by atoms with van der Waals surface area (Å²) in [7, 11) is -3.34. The van der Waals surface area contributed by atoms with Gasteiger partial charge in [-0.1, -0.05) is 19.9 Å². The number of rotatable bonds is 6. The Labute approximate surface area is 138 Å². The number of anilines is 1. The second kappa shape index (κ2) is 7.81. The molecule has 0 unspecified atom stereocenters. The van der Waals surface area contributed by atoms with Gasteiger partial charge in [0.05, 0.1) is 5.75 Å². The van der Waals surface area contributed by atoms with Crippen LogP contribution in [0.4, 0.5) is 5.69 Å². The number of benzene rings is 1. The van der Waals surface area contributed by atoms with Crippen LogP contribution in [0.3, 0.4) is 0 Å². The van der Waals surface area contributed by atoms with Crippen LogP contribution < -0.4 is 10.0 Å². The third kappa shape index (κ3) is 5.53. The van der Waals surface area contributed by atoms with Crippen molar-refractivity contribution in [3.8, 4) is 0 Å². The molecule has 0 aliphatic heterocycles. The fourth-order valence-electron chi connectivity index (χ4n) is 2.90. The van der Waals surface area contributed by atoms with Gasteiger partial charge >= 0.3 is 0 Å². The minimum atomic E-state index is -3.34. The molecule has 1 aliphatic carbocycles. The van der Waals surface area contributed by atoms with E-state index in [9.17, 15) is 13.2 Å².